The van der Waals surface area contributed by atoms with Crippen LogP contribution in [0.3, 0.4) is 0 Å². The highest BCUT2D eigenvalue weighted by atomic mass is 32.1. The lowest BCUT2D eigenvalue weighted by molar-refractivity contribution is 0.675. The predicted molar refractivity (Wildman–Crippen MR) is 45.2 cm³/mol. The summed E-state index contributed by atoms with van der Waals surface area (Å²) >= 11 is 1.80. The molecule has 0 saturated carbocycles. The third-order valence-electron chi connectivity index (χ3n) is 1.59. The van der Waals surface area contributed by atoms with Crippen LogP contribution in [0.15, 0.2) is 23.1 Å². The molecule has 0 unspecified atom stereocenters. The predicted octanol–water partition coefficient (Wildman–Crippen LogP) is 1.73. The molecule has 2 heteroatoms. The molecule has 0 bridgehead atoms. The Hall–Kier alpha value is -0.600. The van der Waals surface area contributed by atoms with E-state index in [9.17, 15) is 0 Å². The van der Waals surface area contributed by atoms with Gasteiger partial charge in [0.25, 0.3) is 0 Å². The second-order valence-electron chi connectivity index (χ2n) is 2.42. The van der Waals surface area contributed by atoms with E-state index in [1.165, 1.54) is 10.5 Å². The third-order valence-corrected chi connectivity index (χ3v) is 2.41. The molecule has 0 radical (unpaired) electrons. The van der Waals surface area contributed by atoms with Crippen molar-refractivity contribution in [2.75, 3.05) is 13.1 Å². The average molecular weight is 151 g/mol. The van der Waals surface area contributed by atoms with Gasteiger partial charge in [0.15, 0.2) is 0 Å². The van der Waals surface area contributed by atoms with Gasteiger partial charge in [0.2, 0.25) is 0 Å². The van der Waals surface area contributed by atoms with Gasteiger partial charge in [-0.1, -0.05) is 6.07 Å². The topological polar surface area (TPSA) is 12.0 Å². The minimum Gasteiger partial charge on any atom is -0.309 e. The van der Waals surface area contributed by atoms with Crippen LogP contribution >= 0.6 is 11.3 Å². The summed E-state index contributed by atoms with van der Waals surface area (Å²) in [5.74, 6) is 0. The summed E-state index contributed by atoms with van der Waals surface area (Å²) in [6, 6.07) is 4.24. The monoisotopic (exact) mass is 151 g/mol. The summed E-state index contributed by atoms with van der Waals surface area (Å²) in [7, 11) is 0. The Labute approximate surface area is 64.4 Å². The van der Waals surface area contributed by atoms with Crippen LogP contribution in [0.2, 0.25) is 0 Å². The van der Waals surface area contributed by atoms with E-state index in [4.69, 9.17) is 0 Å². The molecular weight excluding hydrogens is 142 g/mol. The standard InChI is InChI=1S/C8H9NS/c1-2-8(10-3-1)4-7-5-9-6-7/h1-4,9H,5-6H2. The van der Waals surface area contributed by atoms with Crippen LogP contribution in [0.1, 0.15) is 4.88 Å². The zero-order valence-electron chi connectivity index (χ0n) is 5.63. The maximum Gasteiger partial charge on any atom is 0.0270 e. The van der Waals surface area contributed by atoms with Crippen molar-refractivity contribution in [2.45, 2.75) is 0 Å². The molecule has 1 N–H and O–H groups in total. The highest BCUT2D eigenvalue weighted by Gasteiger charge is 2.05. The van der Waals surface area contributed by atoms with Crippen LogP contribution in [-0.2, 0) is 0 Å². The summed E-state index contributed by atoms with van der Waals surface area (Å²) in [4.78, 5) is 1.37. The summed E-state index contributed by atoms with van der Waals surface area (Å²) in [5.41, 5.74) is 1.52. The van der Waals surface area contributed by atoms with Crippen molar-refractivity contribution in [3.8, 4) is 0 Å². The molecule has 1 saturated heterocycles. The highest BCUT2D eigenvalue weighted by molar-refractivity contribution is 7.10. The lowest BCUT2D eigenvalue weighted by Gasteiger charge is -2.17. The fourth-order valence-electron chi connectivity index (χ4n) is 0.946. The minimum absolute atomic E-state index is 1.08. The molecular formula is C8H9NS. The van der Waals surface area contributed by atoms with Crippen molar-refractivity contribution in [3.63, 3.8) is 0 Å². The van der Waals surface area contributed by atoms with Crippen molar-refractivity contribution < 1.29 is 0 Å². The van der Waals surface area contributed by atoms with E-state index in [0.29, 0.717) is 0 Å². The Balaban J connectivity index is 2.15. The molecule has 10 heavy (non-hydrogen) atoms. The van der Waals surface area contributed by atoms with Crippen LogP contribution < -0.4 is 5.32 Å². The van der Waals surface area contributed by atoms with Crippen LogP contribution in [0.4, 0.5) is 0 Å². The minimum atomic E-state index is 1.08. The second kappa shape index (κ2) is 2.56. The zero-order chi connectivity index (χ0) is 6.81. The fraction of sp³-hybridized carbons (Fsp3) is 0.250. The van der Waals surface area contributed by atoms with Crippen LogP contribution in [0.5, 0.6) is 0 Å². The van der Waals surface area contributed by atoms with Gasteiger partial charge in [0.1, 0.15) is 0 Å². The molecule has 0 aromatic carbocycles. The summed E-state index contributed by atoms with van der Waals surface area (Å²) in [5, 5.41) is 5.32. The van der Waals surface area contributed by atoms with Gasteiger partial charge in [-0.2, -0.15) is 0 Å². The van der Waals surface area contributed by atoms with Crippen molar-refractivity contribution in [1.29, 1.82) is 0 Å². The Morgan fingerprint density at radius 3 is 2.90 bits per heavy atom. The Bertz CT molecular complexity index is 230. The lowest BCUT2D eigenvalue weighted by Crippen LogP contribution is -2.33. The first kappa shape index (κ1) is 6.13. The Morgan fingerprint density at radius 1 is 1.50 bits per heavy atom. The molecule has 2 rings (SSSR count). The lowest BCUT2D eigenvalue weighted by atomic mass is 10.1. The first-order valence-corrected chi connectivity index (χ1v) is 4.27. The van der Waals surface area contributed by atoms with Gasteiger partial charge < -0.3 is 5.32 Å². The van der Waals surface area contributed by atoms with Gasteiger partial charge in [-0.25, -0.2) is 0 Å². The van der Waals surface area contributed by atoms with E-state index >= 15 is 0 Å². The van der Waals surface area contributed by atoms with E-state index in [1.807, 2.05) is 0 Å². The Morgan fingerprint density at radius 2 is 2.40 bits per heavy atom. The fourth-order valence-corrected chi connectivity index (χ4v) is 1.65. The number of thiophene rings is 1. The first-order valence-electron chi connectivity index (χ1n) is 3.39. The molecule has 1 nitrogen and oxygen atoms in total. The van der Waals surface area contributed by atoms with Crippen molar-refractivity contribution in [3.05, 3.63) is 28.0 Å². The molecule has 1 aliphatic rings. The van der Waals surface area contributed by atoms with Gasteiger partial charge >= 0.3 is 0 Å². The average Bonchev–Trinajstić information content (AvgIpc) is 2.29. The second-order valence-corrected chi connectivity index (χ2v) is 3.40. The number of hydrogen-bond donors (Lipinski definition) is 1. The number of hydrogen-bond acceptors (Lipinski definition) is 2. The van der Waals surface area contributed by atoms with Crippen molar-refractivity contribution in [1.82, 2.24) is 5.32 Å². The normalized spacial score (nSPS) is 16.6. The molecule has 52 valence electrons. The largest absolute Gasteiger partial charge is 0.309 e. The van der Waals surface area contributed by atoms with E-state index in [0.717, 1.165) is 13.1 Å². The molecule has 0 amide bonds. The highest BCUT2D eigenvalue weighted by Crippen LogP contribution is 2.14. The maximum absolute atomic E-state index is 3.21. The number of rotatable bonds is 1. The van der Waals surface area contributed by atoms with Gasteiger partial charge in [0, 0.05) is 18.0 Å². The molecule has 0 aliphatic carbocycles. The molecule has 2 heterocycles. The maximum atomic E-state index is 3.21. The molecule has 1 fully saturated rings. The van der Waals surface area contributed by atoms with Gasteiger partial charge in [0.05, 0.1) is 0 Å². The molecule has 0 spiro atoms. The van der Waals surface area contributed by atoms with Crippen LogP contribution in [0.25, 0.3) is 6.08 Å². The van der Waals surface area contributed by atoms with E-state index in [-0.39, 0.29) is 0 Å². The summed E-state index contributed by atoms with van der Waals surface area (Å²) in [6.45, 7) is 2.16. The van der Waals surface area contributed by atoms with E-state index in [1.54, 1.807) is 11.3 Å². The third kappa shape index (κ3) is 1.13. The SMILES string of the molecule is C(=C1CNC1)c1cccs1. The van der Waals surface area contributed by atoms with E-state index in [2.05, 4.69) is 28.9 Å². The van der Waals surface area contributed by atoms with Crippen LogP contribution in [-0.4, -0.2) is 13.1 Å². The summed E-state index contributed by atoms with van der Waals surface area (Å²) < 4.78 is 0. The van der Waals surface area contributed by atoms with Gasteiger partial charge in [-0.05, 0) is 23.1 Å². The van der Waals surface area contributed by atoms with Crippen LogP contribution in [0, 0.1) is 0 Å². The zero-order valence-corrected chi connectivity index (χ0v) is 6.45. The van der Waals surface area contributed by atoms with E-state index < -0.39 is 0 Å². The quantitative estimate of drug-likeness (QED) is 0.644. The molecule has 1 aliphatic heterocycles. The van der Waals surface area contributed by atoms with Gasteiger partial charge in [-0.3, -0.25) is 0 Å². The molecule has 1 aromatic heterocycles. The molecule has 1 aromatic rings. The molecule has 0 atom stereocenters. The first-order chi connectivity index (χ1) is 4.95. The number of nitrogens with one attached hydrogen (secondary N) is 1. The summed E-state index contributed by atoms with van der Waals surface area (Å²) in [6.07, 6.45) is 2.27. The smallest absolute Gasteiger partial charge is 0.0270 e. The van der Waals surface area contributed by atoms with Gasteiger partial charge in [-0.15, -0.1) is 11.3 Å². The van der Waals surface area contributed by atoms with Crippen molar-refractivity contribution in [2.24, 2.45) is 0 Å². The van der Waals surface area contributed by atoms with Crippen molar-refractivity contribution >= 4 is 17.4 Å². The Kier molecular flexibility index (Phi) is 1.57.